The summed E-state index contributed by atoms with van der Waals surface area (Å²) in [6.07, 6.45) is 3.29. The Bertz CT molecular complexity index is 1510. The molecule has 1 fully saturated rings. The van der Waals surface area contributed by atoms with Gasteiger partial charge < -0.3 is 4.74 Å². The molecule has 10 heteroatoms. The van der Waals surface area contributed by atoms with E-state index in [1.165, 1.54) is 16.4 Å². The van der Waals surface area contributed by atoms with Crippen LogP contribution in [0.5, 0.6) is 6.01 Å². The molecule has 1 aliphatic rings. The van der Waals surface area contributed by atoms with E-state index in [2.05, 4.69) is 15.1 Å². The molecule has 1 unspecified atom stereocenters. The average molecular weight is 486 g/mol. The summed E-state index contributed by atoms with van der Waals surface area (Å²) in [6, 6.07) is 13.5. The fourth-order valence-corrected chi connectivity index (χ4v) is 4.61. The van der Waals surface area contributed by atoms with Crippen molar-refractivity contribution < 1.29 is 9.53 Å². The molecule has 4 aromatic rings. The van der Waals surface area contributed by atoms with E-state index in [0.717, 1.165) is 22.4 Å². The normalized spacial score (nSPS) is 15.6. The Hall–Kier alpha value is -4.47. The molecule has 0 aliphatic carbocycles. The monoisotopic (exact) mass is 485 g/mol. The molecule has 184 valence electrons. The highest BCUT2D eigenvalue weighted by Crippen LogP contribution is 2.33. The fourth-order valence-electron chi connectivity index (χ4n) is 4.61. The summed E-state index contributed by atoms with van der Waals surface area (Å²) in [5, 5.41) is 4.07. The number of carbonyl (C=O) groups is 1. The van der Waals surface area contributed by atoms with Gasteiger partial charge in [-0.15, -0.1) is 5.10 Å². The Labute approximate surface area is 208 Å². The predicted octanol–water partition coefficient (Wildman–Crippen LogP) is 3.49. The van der Waals surface area contributed by atoms with Crippen molar-refractivity contribution in [3.05, 3.63) is 76.5 Å². The molecule has 36 heavy (non-hydrogen) atoms. The number of aryl methyl sites for hydroxylation is 2. The van der Waals surface area contributed by atoms with Crippen LogP contribution in [0.4, 0.5) is 16.3 Å². The van der Waals surface area contributed by atoms with Crippen LogP contribution in [0.1, 0.15) is 18.1 Å². The summed E-state index contributed by atoms with van der Waals surface area (Å²) in [7, 11) is 3.02. The minimum Gasteiger partial charge on any atom is -0.467 e. The molecule has 1 aromatic carbocycles. The van der Waals surface area contributed by atoms with E-state index in [1.54, 1.807) is 30.4 Å². The molecule has 1 atom stereocenters. The Morgan fingerprint density at radius 3 is 2.53 bits per heavy atom. The van der Waals surface area contributed by atoms with Crippen LogP contribution in [0, 0.1) is 13.8 Å². The highest BCUT2D eigenvalue weighted by Gasteiger charge is 2.38. The molecule has 0 bridgehead atoms. The quantitative estimate of drug-likeness (QED) is 0.429. The van der Waals surface area contributed by atoms with Crippen molar-refractivity contribution in [3.63, 3.8) is 0 Å². The maximum absolute atomic E-state index is 13.5. The van der Waals surface area contributed by atoms with Crippen LogP contribution in [0.3, 0.4) is 0 Å². The van der Waals surface area contributed by atoms with Crippen LogP contribution >= 0.6 is 0 Å². The Kier molecular flexibility index (Phi) is 5.79. The third-order valence-corrected chi connectivity index (χ3v) is 6.40. The summed E-state index contributed by atoms with van der Waals surface area (Å²) in [4.78, 5) is 38.6. The van der Waals surface area contributed by atoms with E-state index in [-0.39, 0.29) is 23.8 Å². The van der Waals surface area contributed by atoms with Gasteiger partial charge in [-0.2, -0.15) is 0 Å². The fraction of sp³-hybridized carbons (Fsp3) is 0.269. The lowest BCUT2D eigenvalue weighted by Crippen LogP contribution is -2.34. The molecule has 0 saturated carbocycles. The second-order valence-corrected chi connectivity index (χ2v) is 8.89. The van der Waals surface area contributed by atoms with Crippen molar-refractivity contribution >= 4 is 17.5 Å². The summed E-state index contributed by atoms with van der Waals surface area (Å²) >= 11 is 0. The molecule has 0 radical (unpaired) electrons. The first-order chi connectivity index (χ1) is 17.3. The van der Waals surface area contributed by atoms with Gasteiger partial charge in [0.05, 0.1) is 30.7 Å². The SMILES string of the molecule is COc1nn(C)c(=O)n1-c1ccc(-c2ccnc(N3CC(C)N(c4cccc(C)c4)C3=O)c2C)nc1. The second-order valence-electron chi connectivity index (χ2n) is 8.89. The minimum atomic E-state index is -0.330. The molecular weight excluding hydrogens is 458 g/mol. The number of pyridine rings is 2. The van der Waals surface area contributed by atoms with Gasteiger partial charge in [-0.1, -0.05) is 12.1 Å². The van der Waals surface area contributed by atoms with Crippen LogP contribution in [-0.2, 0) is 7.05 Å². The number of hydrogen-bond donors (Lipinski definition) is 0. The second kappa shape index (κ2) is 8.95. The summed E-state index contributed by atoms with van der Waals surface area (Å²) in [5.74, 6) is 0.607. The number of benzene rings is 1. The van der Waals surface area contributed by atoms with Crippen molar-refractivity contribution in [3.8, 4) is 23.0 Å². The van der Waals surface area contributed by atoms with E-state index in [1.807, 2.05) is 62.1 Å². The lowest BCUT2D eigenvalue weighted by atomic mass is 10.1. The minimum absolute atomic E-state index is 0.00524. The lowest BCUT2D eigenvalue weighted by Gasteiger charge is -2.22. The van der Waals surface area contributed by atoms with E-state index in [9.17, 15) is 9.59 Å². The highest BCUT2D eigenvalue weighted by atomic mass is 16.5. The topological polar surface area (TPSA) is 98.4 Å². The van der Waals surface area contributed by atoms with Crippen LogP contribution in [-0.4, -0.2) is 50.0 Å². The third-order valence-electron chi connectivity index (χ3n) is 6.40. The van der Waals surface area contributed by atoms with E-state index >= 15 is 0 Å². The van der Waals surface area contributed by atoms with Crippen molar-refractivity contribution in [1.82, 2.24) is 24.3 Å². The van der Waals surface area contributed by atoms with Gasteiger partial charge in [-0.25, -0.2) is 23.8 Å². The molecule has 10 nitrogen and oxygen atoms in total. The molecule has 2 amide bonds. The maximum Gasteiger partial charge on any atom is 0.353 e. The lowest BCUT2D eigenvalue weighted by molar-refractivity contribution is 0.255. The van der Waals surface area contributed by atoms with Gasteiger partial charge >= 0.3 is 17.7 Å². The first-order valence-corrected chi connectivity index (χ1v) is 11.6. The van der Waals surface area contributed by atoms with Crippen LogP contribution in [0.25, 0.3) is 16.9 Å². The number of amides is 2. The summed E-state index contributed by atoms with van der Waals surface area (Å²) in [5.41, 5.74) is 4.59. The zero-order chi connectivity index (χ0) is 25.6. The number of nitrogens with zero attached hydrogens (tertiary/aromatic N) is 7. The molecule has 0 spiro atoms. The number of carbonyl (C=O) groups excluding carboxylic acids is 1. The molecule has 0 N–H and O–H groups in total. The number of aromatic nitrogens is 5. The van der Waals surface area contributed by atoms with E-state index in [0.29, 0.717) is 23.7 Å². The van der Waals surface area contributed by atoms with Crippen LogP contribution in [0.15, 0.2) is 59.7 Å². The maximum atomic E-state index is 13.5. The number of methoxy groups -OCH3 is 1. The van der Waals surface area contributed by atoms with Gasteiger partial charge in [0.2, 0.25) is 0 Å². The van der Waals surface area contributed by atoms with Gasteiger partial charge in [-0.3, -0.25) is 14.8 Å². The van der Waals surface area contributed by atoms with Crippen molar-refractivity contribution in [2.45, 2.75) is 26.8 Å². The van der Waals surface area contributed by atoms with Crippen molar-refractivity contribution in [2.24, 2.45) is 7.05 Å². The van der Waals surface area contributed by atoms with E-state index in [4.69, 9.17) is 4.74 Å². The first-order valence-electron chi connectivity index (χ1n) is 11.6. The zero-order valence-corrected chi connectivity index (χ0v) is 20.8. The number of anilines is 2. The number of urea groups is 1. The van der Waals surface area contributed by atoms with Crippen LogP contribution < -0.4 is 20.2 Å². The Balaban J connectivity index is 1.47. The summed E-state index contributed by atoms with van der Waals surface area (Å²) < 4.78 is 7.79. The van der Waals surface area contributed by atoms with Gasteiger partial charge in [0.1, 0.15) is 5.82 Å². The molecule has 4 heterocycles. The predicted molar refractivity (Wildman–Crippen MR) is 137 cm³/mol. The molecule has 1 saturated heterocycles. The van der Waals surface area contributed by atoms with E-state index < -0.39 is 0 Å². The molecule has 1 aliphatic heterocycles. The molecule has 5 rings (SSSR count). The highest BCUT2D eigenvalue weighted by molar-refractivity contribution is 6.07. The average Bonchev–Trinajstić information content (AvgIpc) is 3.33. The van der Waals surface area contributed by atoms with Crippen molar-refractivity contribution in [1.29, 1.82) is 0 Å². The first kappa shape index (κ1) is 23.3. The Morgan fingerprint density at radius 2 is 1.83 bits per heavy atom. The Morgan fingerprint density at radius 1 is 1.03 bits per heavy atom. The van der Waals surface area contributed by atoms with Gasteiger partial charge in [-0.05, 0) is 56.7 Å². The smallest absolute Gasteiger partial charge is 0.353 e. The standard InChI is InChI=1S/C26H27N7O3/c1-16-7-6-8-19(13-16)32-17(2)15-31(26(32)35)23-18(3)21(11-12-27-23)22-10-9-20(14-28-22)33-24(36-5)29-30(4)25(33)34/h6-14,17H,15H2,1-5H3. The summed E-state index contributed by atoms with van der Waals surface area (Å²) in [6.45, 7) is 6.52. The largest absolute Gasteiger partial charge is 0.467 e. The van der Waals surface area contributed by atoms with Crippen molar-refractivity contribution in [2.75, 3.05) is 23.5 Å². The number of ether oxygens (including phenoxy) is 1. The van der Waals surface area contributed by atoms with Crippen LogP contribution in [0.2, 0.25) is 0 Å². The van der Waals surface area contributed by atoms with Gasteiger partial charge in [0.25, 0.3) is 0 Å². The number of rotatable bonds is 5. The molecular formula is C26H27N7O3. The number of hydrogen-bond acceptors (Lipinski definition) is 6. The third kappa shape index (κ3) is 3.80. The van der Waals surface area contributed by atoms with Gasteiger partial charge in [0, 0.05) is 36.6 Å². The molecule has 3 aromatic heterocycles. The van der Waals surface area contributed by atoms with Gasteiger partial charge in [0.15, 0.2) is 0 Å². The zero-order valence-electron chi connectivity index (χ0n) is 20.8.